The average molecular weight is 609 g/mol. The van der Waals surface area contributed by atoms with Crippen molar-refractivity contribution >= 4 is 51.0 Å². The zero-order chi connectivity index (χ0) is 31.7. The Morgan fingerprint density at radius 1 is 0.413 bits per heavy atom. The van der Waals surface area contributed by atoms with Gasteiger partial charge in [0.2, 0.25) is 0 Å². The molecule has 0 saturated heterocycles. The zero-order valence-corrected chi connectivity index (χ0v) is 25.5. The Labute approximate surface area is 268 Å². The minimum absolute atomic E-state index is 0.205. The summed E-state index contributed by atoms with van der Waals surface area (Å²) in [6.07, 6.45) is 5.25. The molecule has 7 heteroatoms. The first-order chi connectivity index (χ1) is 22.6. The lowest BCUT2D eigenvalue weighted by Gasteiger charge is -2.19. The summed E-state index contributed by atoms with van der Waals surface area (Å²) < 4.78 is 0. The highest BCUT2D eigenvalue weighted by Gasteiger charge is 2.08. The first-order valence-electron chi connectivity index (χ1n) is 15.4. The van der Waals surface area contributed by atoms with E-state index in [1.165, 1.54) is 0 Å². The summed E-state index contributed by atoms with van der Waals surface area (Å²) >= 11 is 0. The number of rotatable bonds is 12. The van der Waals surface area contributed by atoms with Gasteiger partial charge in [0.1, 0.15) is 17.2 Å². The number of hydrogen-bond donors (Lipinski definition) is 3. The standard InChI is InChI=1S/C39H36N4O3/c44-37-16-13-28-7-1-4-10-31(28)34(37)25-40-19-22-43(23-20-41-26-35-32-11-5-2-8-29(32)14-17-38(35)45)24-21-42-27-36-33-12-6-3-9-30(33)15-18-39(36)46/h1-18,25-27,44-46H,19-24H2. The maximum absolute atomic E-state index is 10.5. The predicted molar refractivity (Wildman–Crippen MR) is 191 cm³/mol. The molecule has 0 aliphatic carbocycles. The Balaban J connectivity index is 1.14. The molecule has 0 radical (unpaired) electrons. The van der Waals surface area contributed by atoms with Crippen LogP contribution in [0.25, 0.3) is 32.3 Å². The third kappa shape index (κ3) is 7.06. The third-order valence-corrected chi connectivity index (χ3v) is 8.14. The Kier molecular flexibility index (Phi) is 9.61. The maximum Gasteiger partial charge on any atom is 0.124 e. The second kappa shape index (κ2) is 14.5. The fraction of sp³-hybridized carbons (Fsp3) is 0.154. The summed E-state index contributed by atoms with van der Waals surface area (Å²) in [6.45, 7) is 3.61. The number of benzene rings is 6. The van der Waals surface area contributed by atoms with E-state index in [9.17, 15) is 15.3 Å². The number of aliphatic imine (C=N–C) groups is 3. The fourth-order valence-electron chi connectivity index (χ4n) is 5.66. The molecule has 230 valence electrons. The van der Waals surface area contributed by atoms with Gasteiger partial charge in [-0.15, -0.1) is 0 Å². The molecule has 0 aromatic heterocycles. The van der Waals surface area contributed by atoms with Crippen molar-refractivity contribution in [3.05, 3.63) is 126 Å². The van der Waals surface area contributed by atoms with Gasteiger partial charge in [-0.25, -0.2) is 0 Å². The number of fused-ring (bicyclic) bond motifs is 3. The van der Waals surface area contributed by atoms with E-state index >= 15 is 0 Å². The van der Waals surface area contributed by atoms with Crippen LogP contribution in [0.15, 0.2) is 124 Å². The van der Waals surface area contributed by atoms with Crippen molar-refractivity contribution in [2.45, 2.75) is 0 Å². The van der Waals surface area contributed by atoms with Gasteiger partial charge < -0.3 is 15.3 Å². The molecule has 7 nitrogen and oxygen atoms in total. The van der Waals surface area contributed by atoms with Crippen LogP contribution in [0.1, 0.15) is 16.7 Å². The maximum atomic E-state index is 10.5. The zero-order valence-electron chi connectivity index (χ0n) is 25.5. The largest absolute Gasteiger partial charge is 0.507 e. The number of phenols is 3. The van der Waals surface area contributed by atoms with Gasteiger partial charge in [0.15, 0.2) is 0 Å². The lowest BCUT2D eigenvalue weighted by atomic mass is 10.0. The lowest BCUT2D eigenvalue weighted by Crippen LogP contribution is -2.31. The van der Waals surface area contributed by atoms with Crippen LogP contribution in [0, 0.1) is 0 Å². The molecule has 6 aromatic carbocycles. The minimum Gasteiger partial charge on any atom is -0.507 e. The Morgan fingerprint density at radius 2 is 0.717 bits per heavy atom. The first kappa shape index (κ1) is 30.5. The van der Waals surface area contributed by atoms with E-state index in [1.54, 1.807) is 36.8 Å². The summed E-state index contributed by atoms with van der Waals surface area (Å²) in [5.74, 6) is 0.615. The van der Waals surface area contributed by atoms with Crippen molar-refractivity contribution in [3.8, 4) is 17.2 Å². The van der Waals surface area contributed by atoms with E-state index < -0.39 is 0 Å². The summed E-state index contributed by atoms with van der Waals surface area (Å²) in [5, 5.41) is 37.5. The Morgan fingerprint density at radius 3 is 1.04 bits per heavy atom. The molecule has 0 atom stereocenters. The molecule has 0 amide bonds. The second-order valence-corrected chi connectivity index (χ2v) is 11.1. The third-order valence-electron chi connectivity index (χ3n) is 8.14. The molecular formula is C39H36N4O3. The first-order valence-corrected chi connectivity index (χ1v) is 15.4. The molecule has 0 aliphatic heterocycles. The molecule has 0 fully saturated rings. The molecule has 0 saturated carbocycles. The van der Waals surface area contributed by atoms with Crippen LogP contribution in [0.2, 0.25) is 0 Å². The quantitative estimate of drug-likeness (QED) is 0.128. The SMILES string of the molecule is Oc1ccc2ccccc2c1C=NCCN(CCN=Cc1c(O)ccc2ccccc12)CCN=Cc1c(O)ccc2ccccc12. The highest BCUT2D eigenvalue weighted by atomic mass is 16.3. The highest BCUT2D eigenvalue weighted by Crippen LogP contribution is 2.27. The smallest absolute Gasteiger partial charge is 0.124 e. The van der Waals surface area contributed by atoms with Gasteiger partial charge in [0.25, 0.3) is 0 Å². The van der Waals surface area contributed by atoms with Gasteiger partial charge in [0.05, 0.1) is 19.6 Å². The molecule has 0 spiro atoms. The number of hydrogen-bond acceptors (Lipinski definition) is 7. The molecule has 6 rings (SSSR count). The molecule has 6 aromatic rings. The lowest BCUT2D eigenvalue weighted by molar-refractivity contribution is 0.298. The van der Waals surface area contributed by atoms with E-state index in [1.807, 2.05) is 91.0 Å². The van der Waals surface area contributed by atoms with Crippen LogP contribution in [-0.4, -0.2) is 78.1 Å². The molecule has 0 bridgehead atoms. The summed E-state index contributed by atoms with van der Waals surface area (Å²) in [7, 11) is 0. The topological polar surface area (TPSA) is 101 Å². The predicted octanol–water partition coefficient (Wildman–Crippen LogP) is 7.22. The van der Waals surface area contributed by atoms with Crippen LogP contribution >= 0.6 is 0 Å². The Hall–Kier alpha value is -5.53. The van der Waals surface area contributed by atoms with Crippen molar-refractivity contribution in [2.75, 3.05) is 39.3 Å². The van der Waals surface area contributed by atoms with Crippen LogP contribution in [-0.2, 0) is 0 Å². The number of nitrogens with zero attached hydrogens (tertiary/aromatic N) is 4. The highest BCUT2D eigenvalue weighted by molar-refractivity contribution is 6.04. The summed E-state index contributed by atoms with van der Waals surface area (Å²) in [5.41, 5.74) is 2.14. The van der Waals surface area contributed by atoms with Crippen molar-refractivity contribution in [1.82, 2.24) is 4.90 Å². The number of phenolic OH excluding ortho intramolecular Hbond substituents is 3. The van der Waals surface area contributed by atoms with Gasteiger partial charge in [-0.1, -0.05) is 91.0 Å². The normalized spacial score (nSPS) is 12.2. The summed E-state index contributed by atoms with van der Waals surface area (Å²) in [4.78, 5) is 16.2. The average Bonchev–Trinajstić information content (AvgIpc) is 3.08. The molecule has 0 aliphatic rings. The van der Waals surface area contributed by atoms with Crippen LogP contribution in [0.4, 0.5) is 0 Å². The van der Waals surface area contributed by atoms with E-state index in [4.69, 9.17) is 0 Å². The molecular weight excluding hydrogens is 572 g/mol. The number of aromatic hydroxyl groups is 3. The van der Waals surface area contributed by atoms with Crippen molar-refractivity contribution in [1.29, 1.82) is 0 Å². The van der Waals surface area contributed by atoms with Crippen LogP contribution < -0.4 is 0 Å². The fourth-order valence-corrected chi connectivity index (χ4v) is 5.66. The van der Waals surface area contributed by atoms with Gasteiger partial charge >= 0.3 is 0 Å². The van der Waals surface area contributed by atoms with E-state index in [2.05, 4.69) is 19.9 Å². The van der Waals surface area contributed by atoms with Crippen molar-refractivity contribution in [3.63, 3.8) is 0 Å². The van der Waals surface area contributed by atoms with E-state index in [0.717, 1.165) is 32.3 Å². The molecule has 46 heavy (non-hydrogen) atoms. The van der Waals surface area contributed by atoms with E-state index in [-0.39, 0.29) is 17.2 Å². The molecule has 0 heterocycles. The summed E-state index contributed by atoms with van der Waals surface area (Å²) in [6, 6.07) is 34.6. The van der Waals surface area contributed by atoms with Crippen molar-refractivity contribution in [2.24, 2.45) is 15.0 Å². The van der Waals surface area contributed by atoms with Gasteiger partial charge in [-0.3, -0.25) is 19.9 Å². The van der Waals surface area contributed by atoms with Gasteiger partial charge in [-0.05, 0) is 50.5 Å². The Bertz CT molecular complexity index is 1830. The molecule has 0 unspecified atom stereocenters. The van der Waals surface area contributed by atoms with E-state index in [0.29, 0.717) is 56.0 Å². The monoisotopic (exact) mass is 608 g/mol. The van der Waals surface area contributed by atoms with Crippen LogP contribution in [0.5, 0.6) is 17.2 Å². The van der Waals surface area contributed by atoms with Gasteiger partial charge in [0, 0.05) is 55.0 Å². The van der Waals surface area contributed by atoms with Gasteiger partial charge in [-0.2, -0.15) is 0 Å². The molecule has 3 N–H and O–H groups in total. The van der Waals surface area contributed by atoms with Crippen LogP contribution in [0.3, 0.4) is 0 Å². The minimum atomic E-state index is 0.205. The van der Waals surface area contributed by atoms with Crippen molar-refractivity contribution < 1.29 is 15.3 Å². The second-order valence-electron chi connectivity index (χ2n) is 11.1.